The number of benzene rings is 2. The Hall–Kier alpha value is -3.15. The van der Waals surface area contributed by atoms with Crippen LogP contribution in [-0.4, -0.2) is 16.5 Å². The molecule has 0 aliphatic carbocycles. The van der Waals surface area contributed by atoms with Gasteiger partial charge in [-0.05, 0) is 24.6 Å². The molecule has 3 rings (SSSR count). The standard InChI is InChI=1S/C18H16N2O4/c1-2-23-15-10-14-8-9-17(19-18(14)16(11-15)20(21)22)24-12-13-6-4-3-5-7-13/h3-11H,2,12H2,1H3. The minimum absolute atomic E-state index is 0.0962. The first kappa shape index (κ1) is 15.7. The molecule has 0 radical (unpaired) electrons. The smallest absolute Gasteiger partial charge is 0.299 e. The summed E-state index contributed by atoms with van der Waals surface area (Å²) in [5.41, 5.74) is 1.19. The van der Waals surface area contributed by atoms with Gasteiger partial charge in [-0.3, -0.25) is 10.1 Å². The van der Waals surface area contributed by atoms with Crippen LogP contribution in [0.15, 0.2) is 54.6 Å². The Balaban J connectivity index is 1.93. The zero-order valence-corrected chi connectivity index (χ0v) is 13.1. The maximum Gasteiger partial charge on any atom is 0.299 e. The van der Waals surface area contributed by atoms with E-state index in [0.29, 0.717) is 30.2 Å². The molecule has 0 saturated carbocycles. The molecule has 6 heteroatoms. The van der Waals surface area contributed by atoms with Crippen molar-refractivity contribution in [3.8, 4) is 11.6 Å². The van der Waals surface area contributed by atoms with E-state index < -0.39 is 4.92 Å². The van der Waals surface area contributed by atoms with Crippen LogP contribution in [0.3, 0.4) is 0 Å². The molecule has 0 unspecified atom stereocenters. The van der Waals surface area contributed by atoms with Crippen molar-refractivity contribution >= 4 is 16.6 Å². The third-order valence-corrected chi connectivity index (χ3v) is 3.46. The summed E-state index contributed by atoms with van der Waals surface area (Å²) in [6.45, 7) is 2.62. The van der Waals surface area contributed by atoms with E-state index in [1.165, 1.54) is 6.07 Å². The van der Waals surface area contributed by atoms with E-state index in [1.54, 1.807) is 18.2 Å². The second-order valence-corrected chi connectivity index (χ2v) is 5.13. The third-order valence-electron chi connectivity index (χ3n) is 3.46. The highest BCUT2D eigenvalue weighted by molar-refractivity contribution is 5.89. The first-order valence-electron chi connectivity index (χ1n) is 7.56. The summed E-state index contributed by atoms with van der Waals surface area (Å²) in [6, 6.07) is 16.2. The molecule has 122 valence electrons. The van der Waals surface area contributed by atoms with Gasteiger partial charge >= 0.3 is 0 Å². The SMILES string of the molecule is CCOc1cc([N+](=O)[O-])c2nc(OCc3ccccc3)ccc2c1. The molecule has 0 bridgehead atoms. The molecule has 0 spiro atoms. The van der Waals surface area contributed by atoms with Crippen molar-refractivity contribution < 1.29 is 14.4 Å². The summed E-state index contributed by atoms with van der Waals surface area (Å²) in [6.07, 6.45) is 0. The minimum atomic E-state index is -0.459. The lowest BCUT2D eigenvalue weighted by atomic mass is 10.2. The fourth-order valence-corrected chi connectivity index (χ4v) is 2.37. The van der Waals surface area contributed by atoms with Gasteiger partial charge in [0, 0.05) is 11.5 Å². The molecule has 1 aromatic heterocycles. The van der Waals surface area contributed by atoms with Crippen molar-refractivity contribution in [2.45, 2.75) is 13.5 Å². The van der Waals surface area contributed by atoms with Crippen LogP contribution < -0.4 is 9.47 Å². The van der Waals surface area contributed by atoms with Crippen LogP contribution in [0.25, 0.3) is 10.9 Å². The zero-order chi connectivity index (χ0) is 16.9. The molecule has 0 aliphatic heterocycles. The van der Waals surface area contributed by atoms with Gasteiger partial charge in [0.15, 0.2) is 5.52 Å². The van der Waals surface area contributed by atoms with Gasteiger partial charge in [-0.15, -0.1) is 0 Å². The Morgan fingerprint density at radius 1 is 1.08 bits per heavy atom. The fraction of sp³-hybridized carbons (Fsp3) is 0.167. The highest BCUT2D eigenvalue weighted by Crippen LogP contribution is 2.31. The lowest BCUT2D eigenvalue weighted by Crippen LogP contribution is -1.99. The van der Waals surface area contributed by atoms with E-state index >= 15 is 0 Å². The van der Waals surface area contributed by atoms with Crippen molar-refractivity contribution in [3.05, 3.63) is 70.3 Å². The Morgan fingerprint density at radius 2 is 1.88 bits per heavy atom. The normalized spacial score (nSPS) is 10.5. The van der Waals surface area contributed by atoms with Crippen LogP contribution in [0.2, 0.25) is 0 Å². The maximum atomic E-state index is 11.3. The predicted octanol–water partition coefficient (Wildman–Crippen LogP) is 4.12. The maximum absolute atomic E-state index is 11.3. The fourth-order valence-electron chi connectivity index (χ4n) is 2.37. The summed E-state index contributed by atoms with van der Waals surface area (Å²) < 4.78 is 11.0. The number of ether oxygens (including phenoxy) is 2. The number of hydrogen-bond donors (Lipinski definition) is 0. The Kier molecular flexibility index (Phi) is 4.56. The summed E-state index contributed by atoms with van der Waals surface area (Å²) in [5.74, 6) is 0.801. The lowest BCUT2D eigenvalue weighted by Gasteiger charge is -2.08. The summed E-state index contributed by atoms with van der Waals surface area (Å²) in [7, 11) is 0. The van der Waals surface area contributed by atoms with E-state index in [0.717, 1.165) is 5.56 Å². The van der Waals surface area contributed by atoms with E-state index in [9.17, 15) is 10.1 Å². The topological polar surface area (TPSA) is 74.5 Å². The number of nitro benzene ring substituents is 1. The molecule has 0 atom stereocenters. The minimum Gasteiger partial charge on any atom is -0.494 e. The van der Waals surface area contributed by atoms with Gasteiger partial charge in [-0.2, -0.15) is 0 Å². The van der Waals surface area contributed by atoms with Crippen LogP contribution >= 0.6 is 0 Å². The molecule has 3 aromatic rings. The number of rotatable bonds is 6. The quantitative estimate of drug-likeness (QED) is 0.503. The monoisotopic (exact) mass is 324 g/mol. The molecule has 6 nitrogen and oxygen atoms in total. The lowest BCUT2D eigenvalue weighted by molar-refractivity contribution is -0.383. The van der Waals surface area contributed by atoms with Crippen LogP contribution in [0, 0.1) is 10.1 Å². The van der Waals surface area contributed by atoms with E-state index in [1.807, 2.05) is 37.3 Å². The molecule has 0 saturated heterocycles. The number of hydrogen-bond acceptors (Lipinski definition) is 5. The second-order valence-electron chi connectivity index (χ2n) is 5.13. The number of aromatic nitrogens is 1. The molecule has 0 fully saturated rings. The second kappa shape index (κ2) is 6.95. The van der Waals surface area contributed by atoms with Gasteiger partial charge in [0.1, 0.15) is 12.4 Å². The molecule has 2 aromatic carbocycles. The van der Waals surface area contributed by atoms with Crippen molar-refractivity contribution in [1.82, 2.24) is 4.98 Å². The molecular weight excluding hydrogens is 308 g/mol. The van der Waals surface area contributed by atoms with E-state index in [-0.39, 0.29) is 11.2 Å². The van der Waals surface area contributed by atoms with Gasteiger partial charge in [0.2, 0.25) is 5.88 Å². The van der Waals surface area contributed by atoms with Crippen molar-refractivity contribution in [2.24, 2.45) is 0 Å². The average molecular weight is 324 g/mol. The van der Waals surface area contributed by atoms with Gasteiger partial charge < -0.3 is 9.47 Å². The molecule has 0 aliphatic rings. The van der Waals surface area contributed by atoms with Gasteiger partial charge in [-0.25, -0.2) is 4.98 Å². The Labute approximate surface area is 138 Å². The number of nitro groups is 1. The molecule has 0 N–H and O–H groups in total. The Morgan fingerprint density at radius 3 is 2.58 bits per heavy atom. The van der Waals surface area contributed by atoms with E-state index in [4.69, 9.17) is 9.47 Å². The van der Waals surface area contributed by atoms with Crippen molar-refractivity contribution in [2.75, 3.05) is 6.61 Å². The molecule has 24 heavy (non-hydrogen) atoms. The van der Waals surface area contributed by atoms with Crippen LogP contribution in [0.5, 0.6) is 11.6 Å². The summed E-state index contributed by atoms with van der Waals surface area (Å²) >= 11 is 0. The Bertz CT molecular complexity index is 866. The average Bonchev–Trinajstić information content (AvgIpc) is 2.60. The number of fused-ring (bicyclic) bond motifs is 1. The molecule has 1 heterocycles. The van der Waals surface area contributed by atoms with Crippen LogP contribution in [0.1, 0.15) is 12.5 Å². The van der Waals surface area contributed by atoms with Crippen LogP contribution in [-0.2, 0) is 6.61 Å². The van der Waals surface area contributed by atoms with Gasteiger partial charge in [0.25, 0.3) is 5.69 Å². The summed E-state index contributed by atoms with van der Waals surface area (Å²) in [5, 5.41) is 12.0. The van der Waals surface area contributed by atoms with Gasteiger partial charge in [-0.1, -0.05) is 30.3 Å². The first-order valence-corrected chi connectivity index (χ1v) is 7.56. The summed E-state index contributed by atoms with van der Waals surface area (Å²) in [4.78, 5) is 15.2. The highest BCUT2D eigenvalue weighted by Gasteiger charge is 2.17. The van der Waals surface area contributed by atoms with Crippen molar-refractivity contribution in [3.63, 3.8) is 0 Å². The zero-order valence-electron chi connectivity index (χ0n) is 13.1. The molecular formula is C18H16N2O4. The molecule has 0 amide bonds. The number of non-ortho nitro benzene ring substituents is 1. The number of nitrogens with zero attached hydrogens (tertiary/aromatic N) is 2. The highest BCUT2D eigenvalue weighted by atomic mass is 16.6. The number of pyridine rings is 1. The van der Waals surface area contributed by atoms with E-state index in [2.05, 4.69) is 4.98 Å². The van der Waals surface area contributed by atoms with Gasteiger partial charge in [0.05, 0.1) is 17.6 Å². The largest absolute Gasteiger partial charge is 0.494 e. The third kappa shape index (κ3) is 3.43. The van der Waals surface area contributed by atoms with Crippen LogP contribution in [0.4, 0.5) is 5.69 Å². The predicted molar refractivity (Wildman–Crippen MR) is 90.3 cm³/mol. The first-order chi connectivity index (χ1) is 11.7. The van der Waals surface area contributed by atoms with Crippen molar-refractivity contribution in [1.29, 1.82) is 0 Å².